The number of ether oxygens (including phenoxy) is 4. The fourth-order valence-corrected chi connectivity index (χ4v) is 2.05. The first-order valence-corrected chi connectivity index (χ1v) is 6.18. The van der Waals surface area contributed by atoms with E-state index in [1.807, 2.05) is 36.4 Å². The average molecular weight is 274 g/mol. The first-order chi connectivity index (χ1) is 9.73. The lowest BCUT2D eigenvalue weighted by Crippen LogP contribution is -1.94. The highest BCUT2D eigenvalue weighted by molar-refractivity contribution is 5.78. The molecule has 0 fully saturated rings. The van der Waals surface area contributed by atoms with Crippen LogP contribution in [-0.2, 0) is 0 Å². The van der Waals surface area contributed by atoms with E-state index in [-0.39, 0.29) is 0 Å². The molecule has 0 amide bonds. The summed E-state index contributed by atoms with van der Waals surface area (Å²) in [5, 5.41) is 0. The number of rotatable bonds is 5. The molecule has 0 aliphatic rings. The van der Waals surface area contributed by atoms with Crippen LogP contribution in [0.1, 0.15) is 0 Å². The zero-order valence-electron chi connectivity index (χ0n) is 12.1. The Bertz CT molecular complexity index is 540. The summed E-state index contributed by atoms with van der Waals surface area (Å²) in [6.07, 6.45) is 0. The first kappa shape index (κ1) is 14.1. The summed E-state index contributed by atoms with van der Waals surface area (Å²) in [6, 6.07) is 11.3. The molecule has 106 valence electrons. The van der Waals surface area contributed by atoms with Crippen molar-refractivity contribution in [3.05, 3.63) is 36.4 Å². The van der Waals surface area contributed by atoms with E-state index < -0.39 is 0 Å². The van der Waals surface area contributed by atoms with E-state index in [2.05, 4.69) is 0 Å². The van der Waals surface area contributed by atoms with Gasteiger partial charge in [-0.15, -0.1) is 0 Å². The van der Waals surface area contributed by atoms with Crippen LogP contribution in [0.4, 0.5) is 0 Å². The molecule has 0 aromatic heterocycles. The van der Waals surface area contributed by atoms with Crippen molar-refractivity contribution in [3.63, 3.8) is 0 Å². The molecule has 0 unspecified atom stereocenters. The van der Waals surface area contributed by atoms with E-state index in [9.17, 15) is 0 Å². The third kappa shape index (κ3) is 2.64. The van der Waals surface area contributed by atoms with Crippen molar-refractivity contribution in [3.8, 4) is 34.1 Å². The number of methoxy groups -OCH3 is 4. The summed E-state index contributed by atoms with van der Waals surface area (Å²) >= 11 is 0. The molecule has 0 saturated heterocycles. The molecule has 0 heterocycles. The fraction of sp³-hybridized carbons (Fsp3) is 0.250. The number of hydrogen-bond acceptors (Lipinski definition) is 4. The molecule has 0 N–H and O–H groups in total. The molecule has 0 spiro atoms. The minimum Gasteiger partial charge on any atom is -0.497 e. The van der Waals surface area contributed by atoms with Crippen LogP contribution in [0, 0.1) is 0 Å². The van der Waals surface area contributed by atoms with Crippen molar-refractivity contribution in [1.29, 1.82) is 0 Å². The van der Waals surface area contributed by atoms with Gasteiger partial charge in [0.2, 0.25) is 0 Å². The van der Waals surface area contributed by atoms with Crippen molar-refractivity contribution in [1.82, 2.24) is 0 Å². The topological polar surface area (TPSA) is 36.9 Å². The van der Waals surface area contributed by atoms with Crippen LogP contribution in [0.3, 0.4) is 0 Å². The number of hydrogen-bond donors (Lipinski definition) is 0. The average Bonchev–Trinajstić information content (AvgIpc) is 2.53. The maximum absolute atomic E-state index is 5.42. The molecule has 0 aliphatic heterocycles. The Balaban J connectivity index is 2.64. The van der Waals surface area contributed by atoms with Crippen LogP contribution in [0.5, 0.6) is 23.0 Å². The lowest BCUT2D eigenvalue weighted by Gasteiger charge is -2.14. The Hall–Kier alpha value is -2.36. The van der Waals surface area contributed by atoms with Crippen molar-refractivity contribution >= 4 is 0 Å². The van der Waals surface area contributed by atoms with Crippen LogP contribution >= 0.6 is 0 Å². The molecule has 2 aromatic carbocycles. The molecule has 0 atom stereocenters. The van der Waals surface area contributed by atoms with Gasteiger partial charge in [0.25, 0.3) is 0 Å². The van der Waals surface area contributed by atoms with Crippen LogP contribution in [0.2, 0.25) is 0 Å². The van der Waals surface area contributed by atoms with Gasteiger partial charge in [-0.2, -0.15) is 0 Å². The molecular weight excluding hydrogens is 256 g/mol. The van der Waals surface area contributed by atoms with Crippen molar-refractivity contribution in [2.75, 3.05) is 28.4 Å². The summed E-state index contributed by atoms with van der Waals surface area (Å²) in [7, 11) is 6.54. The van der Waals surface area contributed by atoms with Crippen molar-refractivity contribution < 1.29 is 18.9 Å². The maximum atomic E-state index is 5.42. The van der Waals surface area contributed by atoms with Gasteiger partial charge in [-0.1, -0.05) is 0 Å². The van der Waals surface area contributed by atoms with Gasteiger partial charge in [0.05, 0.1) is 28.4 Å². The van der Waals surface area contributed by atoms with Crippen LogP contribution in [-0.4, -0.2) is 28.4 Å². The summed E-state index contributed by atoms with van der Waals surface area (Å²) in [6.45, 7) is 0. The molecular formula is C16H18O4. The normalized spacial score (nSPS) is 10.0. The van der Waals surface area contributed by atoms with Crippen LogP contribution < -0.4 is 18.9 Å². The van der Waals surface area contributed by atoms with Crippen molar-refractivity contribution in [2.45, 2.75) is 0 Å². The quantitative estimate of drug-likeness (QED) is 0.837. The standard InChI is InChI=1S/C16H18O4/c1-17-11-5-7-15(19-3)13(9-11)14-10-12(18-2)6-8-16(14)20-4/h5-10H,1-4H3. The largest absolute Gasteiger partial charge is 0.497 e. The van der Waals surface area contributed by atoms with Gasteiger partial charge in [-0.05, 0) is 36.4 Å². The Kier molecular flexibility index (Phi) is 4.35. The third-order valence-electron chi connectivity index (χ3n) is 3.10. The molecule has 2 rings (SSSR count). The van der Waals surface area contributed by atoms with E-state index in [0.29, 0.717) is 0 Å². The monoisotopic (exact) mass is 274 g/mol. The zero-order chi connectivity index (χ0) is 14.5. The lowest BCUT2D eigenvalue weighted by atomic mass is 10.0. The molecule has 0 aliphatic carbocycles. The molecule has 4 nitrogen and oxygen atoms in total. The summed E-state index contributed by atoms with van der Waals surface area (Å²) in [4.78, 5) is 0. The second-order valence-corrected chi connectivity index (χ2v) is 4.13. The molecule has 20 heavy (non-hydrogen) atoms. The predicted molar refractivity (Wildman–Crippen MR) is 78.1 cm³/mol. The fourth-order valence-electron chi connectivity index (χ4n) is 2.05. The van der Waals surface area contributed by atoms with E-state index >= 15 is 0 Å². The third-order valence-corrected chi connectivity index (χ3v) is 3.10. The Morgan fingerprint density at radius 3 is 1.25 bits per heavy atom. The highest BCUT2D eigenvalue weighted by Crippen LogP contribution is 2.40. The van der Waals surface area contributed by atoms with E-state index in [1.165, 1.54) is 0 Å². The van der Waals surface area contributed by atoms with Gasteiger partial charge in [0.15, 0.2) is 0 Å². The highest BCUT2D eigenvalue weighted by atomic mass is 16.5. The van der Waals surface area contributed by atoms with E-state index in [1.54, 1.807) is 28.4 Å². The van der Waals surface area contributed by atoms with Crippen LogP contribution in [0.25, 0.3) is 11.1 Å². The summed E-state index contributed by atoms with van der Waals surface area (Å²) in [5.41, 5.74) is 1.78. The van der Waals surface area contributed by atoms with Gasteiger partial charge < -0.3 is 18.9 Å². The number of benzene rings is 2. The van der Waals surface area contributed by atoms with Gasteiger partial charge in [0, 0.05) is 11.1 Å². The molecule has 0 saturated carbocycles. The Morgan fingerprint density at radius 2 is 0.950 bits per heavy atom. The zero-order valence-corrected chi connectivity index (χ0v) is 12.1. The predicted octanol–water partition coefficient (Wildman–Crippen LogP) is 3.39. The molecule has 0 bridgehead atoms. The van der Waals surface area contributed by atoms with Gasteiger partial charge in [-0.25, -0.2) is 0 Å². The smallest absolute Gasteiger partial charge is 0.127 e. The van der Waals surface area contributed by atoms with E-state index in [4.69, 9.17) is 18.9 Å². The second-order valence-electron chi connectivity index (χ2n) is 4.13. The van der Waals surface area contributed by atoms with Crippen LogP contribution in [0.15, 0.2) is 36.4 Å². The SMILES string of the molecule is COc1ccc(OC)c(-c2cc(OC)ccc2OC)c1. The second kappa shape index (κ2) is 6.19. The summed E-state index contributed by atoms with van der Waals surface area (Å²) in [5.74, 6) is 3.01. The minimum atomic E-state index is 0.748. The van der Waals surface area contributed by atoms with Gasteiger partial charge in [0.1, 0.15) is 23.0 Å². The Morgan fingerprint density at radius 1 is 0.550 bits per heavy atom. The minimum absolute atomic E-state index is 0.748. The Labute approximate surface area is 118 Å². The van der Waals surface area contributed by atoms with Gasteiger partial charge >= 0.3 is 0 Å². The van der Waals surface area contributed by atoms with E-state index in [0.717, 1.165) is 34.1 Å². The maximum Gasteiger partial charge on any atom is 0.127 e. The lowest BCUT2D eigenvalue weighted by molar-refractivity contribution is 0.399. The first-order valence-electron chi connectivity index (χ1n) is 6.18. The highest BCUT2D eigenvalue weighted by Gasteiger charge is 2.13. The molecule has 4 heteroatoms. The van der Waals surface area contributed by atoms with Crippen molar-refractivity contribution in [2.24, 2.45) is 0 Å². The molecule has 0 radical (unpaired) electrons. The summed E-state index contributed by atoms with van der Waals surface area (Å²) < 4.78 is 21.4. The van der Waals surface area contributed by atoms with Gasteiger partial charge in [-0.3, -0.25) is 0 Å². The molecule has 2 aromatic rings.